The van der Waals surface area contributed by atoms with E-state index in [9.17, 15) is 28.5 Å². The third-order valence-corrected chi connectivity index (χ3v) is 10.1. The number of esters is 1. The van der Waals surface area contributed by atoms with E-state index >= 15 is 0 Å². The van der Waals surface area contributed by atoms with Crippen LogP contribution >= 0.6 is 0 Å². The van der Waals surface area contributed by atoms with Crippen LogP contribution in [0.4, 0.5) is 0 Å². The zero-order valence-electron chi connectivity index (χ0n) is 38.5. The monoisotopic (exact) mass is 917 g/mol. The molecule has 13 heteroatoms. The molecule has 0 aromatic carbocycles. The van der Waals surface area contributed by atoms with Crippen LogP contribution in [0.5, 0.6) is 0 Å². The lowest BCUT2D eigenvalue weighted by atomic mass is 9.99. The van der Waals surface area contributed by atoms with Crippen LogP contribution in [-0.4, -0.2) is 97.5 Å². The van der Waals surface area contributed by atoms with E-state index in [4.69, 9.17) is 23.5 Å². The molecule has 0 amide bonds. The SMILES string of the molecule is CC/C=C\C/C=C\C/C=C\C/C=C\C/C=C\C/C=C\CCC(=O)OC(COCCCCCCC/C=C\C/C=C\C/C=C\C/C=C\CC)COC1OC(CO)C(O)C(OS(=O)(=O)O)C1O. The van der Waals surface area contributed by atoms with Crippen LogP contribution in [0, 0.1) is 0 Å². The average Bonchev–Trinajstić information content (AvgIpc) is 3.27. The molecule has 1 heterocycles. The summed E-state index contributed by atoms with van der Waals surface area (Å²) in [4.78, 5) is 12.8. The highest BCUT2D eigenvalue weighted by molar-refractivity contribution is 7.80. The van der Waals surface area contributed by atoms with E-state index in [1.165, 1.54) is 0 Å². The van der Waals surface area contributed by atoms with Crippen LogP contribution in [0.1, 0.15) is 129 Å². The highest BCUT2D eigenvalue weighted by atomic mass is 32.3. The number of ether oxygens (including phenoxy) is 4. The Kier molecular flexibility index (Phi) is 37.5. The van der Waals surface area contributed by atoms with Gasteiger partial charge in [-0.25, -0.2) is 4.18 Å². The number of carbonyl (C=O) groups excluding carboxylic acids is 1. The van der Waals surface area contributed by atoms with E-state index in [1.807, 2.05) is 12.2 Å². The van der Waals surface area contributed by atoms with Crippen molar-refractivity contribution in [2.75, 3.05) is 26.4 Å². The molecular formula is C51H80O12S. The van der Waals surface area contributed by atoms with Gasteiger partial charge >= 0.3 is 16.4 Å². The van der Waals surface area contributed by atoms with Gasteiger partial charge < -0.3 is 34.3 Å². The molecule has 1 fully saturated rings. The first-order valence-corrected chi connectivity index (χ1v) is 24.7. The number of rotatable bonds is 38. The molecule has 0 spiro atoms. The predicted molar refractivity (Wildman–Crippen MR) is 257 cm³/mol. The zero-order chi connectivity index (χ0) is 46.8. The first-order valence-electron chi connectivity index (χ1n) is 23.3. The fourth-order valence-corrected chi connectivity index (χ4v) is 6.67. The molecule has 0 aromatic rings. The summed E-state index contributed by atoms with van der Waals surface area (Å²) in [6.07, 6.45) is 49.6. The number of unbranched alkanes of at least 4 members (excludes halogenated alkanes) is 5. The number of carbonyl (C=O) groups is 1. The van der Waals surface area contributed by atoms with Gasteiger partial charge in [-0.05, 0) is 89.9 Å². The van der Waals surface area contributed by atoms with Crippen molar-refractivity contribution in [2.24, 2.45) is 0 Å². The summed E-state index contributed by atoms with van der Waals surface area (Å²) in [5.41, 5.74) is 0. The molecular weight excluding hydrogens is 837 g/mol. The van der Waals surface area contributed by atoms with Crippen LogP contribution < -0.4 is 0 Å². The predicted octanol–water partition coefficient (Wildman–Crippen LogP) is 10.2. The van der Waals surface area contributed by atoms with E-state index in [-0.39, 0.29) is 19.6 Å². The number of aliphatic hydroxyl groups excluding tert-OH is 3. The standard InChI is InChI=1S/C51H80O12S/c1-3-5-7-9-11-13-15-17-19-21-23-24-26-28-30-32-34-36-38-40-47(53)61-45(44-60-51-49(55)50(63-64(56,57)58)48(54)46(42-52)62-51)43-59-41-39-37-35-33-31-29-27-25-22-20-18-16-14-12-10-8-6-4-2/h5-8,11-14,17-20,23-25,27-28,30,34,36,45-46,48-52,54-55H,3-4,9-10,15-16,21-22,26,29,31-33,35,37-44H2,1-2H3,(H,56,57,58)/b7-5-,8-6-,13-11-,14-12-,19-17-,20-18-,24-23-,27-25-,30-28-,36-34-. The highest BCUT2D eigenvalue weighted by Crippen LogP contribution is 2.26. The molecule has 1 aliphatic heterocycles. The molecule has 1 saturated heterocycles. The number of allylic oxidation sites excluding steroid dienone is 20. The third kappa shape index (κ3) is 33.9. The van der Waals surface area contributed by atoms with Gasteiger partial charge in [0.1, 0.15) is 30.5 Å². The number of aliphatic hydroxyl groups is 3. The second-order valence-electron chi connectivity index (χ2n) is 15.2. The second kappa shape index (κ2) is 41.0. The minimum Gasteiger partial charge on any atom is -0.457 e. The summed E-state index contributed by atoms with van der Waals surface area (Å²) in [5.74, 6) is -0.494. The maximum Gasteiger partial charge on any atom is 0.397 e. The van der Waals surface area contributed by atoms with Gasteiger partial charge in [-0.3, -0.25) is 9.35 Å². The van der Waals surface area contributed by atoms with Crippen molar-refractivity contribution < 1.29 is 56.2 Å². The molecule has 6 atom stereocenters. The lowest BCUT2D eigenvalue weighted by Gasteiger charge is -2.41. The molecule has 362 valence electrons. The van der Waals surface area contributed by atoms with E-state index in [1.54, 1.807) is 0 Å². The van der Waals surface area contributed by atoms with E-state index in [2.05, 4.69) is 127 Å². The van der Waals surface area contributed by atoms with Crippen LogP contribution in [-0.2, 0) is 38.3 Å². The summed E-state index contributed by atoms with van der Waals surface area (Å²) in [7, 11) is -5.08. The van der Waals surface area contributed by atoms with E-state index in [0.717, 1.165) is 103 Å². The summed E-state index contributed by atoms with van der Waals surface area (Å²) in [5, 5.41) is 30.7. The smallest absolute Gasteiger partial charge is 0.397 e. The van der Waals surface area contributed by atoms with Gasteiger partial charge in [0.05, 0.1) is 19.8 Å². The Morgan fingerprint density at radius 2 is 1.03 bits per heavy atom. The molecule has 0 saturated carbocycles. The number of hydrogen-bond acceptors (Lipinski definition) is 11. The summed E-state index contributed by atoms with van der Waals surface area (Å²) in [6, 6.07) is 0. The van der Waals surface area contributed by atoms with Gasteiger partial charge in [-0.15, -0.1) is 0 Å². The molecule has 4 N–H and O–H groups in total. The Morgan fingerprint density at radius 3 is 1.50 bits per heavy atom. The topological polar surface area (TPSA) is 178 Å². The van der Waals surface area contributed by atoms with Crippen molar-refractivity contribution in [1.82, 2.24) is 0 Å². The van der Waals surface area contributed by atoms with Crippen LogP contribution in [0.25, 0.3) is 0 Å². The third-order valence-electron chi connectivity index (χ3n) is 9.59. The van der Waals surface area contributed by atoms with Gasteiger partial charge in [-0.2, -0.15) is 8.42 Å². The first-order chi connectivity index (χ1) is 31.1. The summed E-state index contributed by atoms with van der Waals surface area (Å²) < 4.78 is 59.0. The molecule has 12 nitrogen and oxygen atoms in total. The summed E-state index contributed by atoms with van der Waals surface area (Å²) in [6.45, 7) is 3.59. The fraction of sp³-hybridized carbons (Fsp3) is 0.588. The summed E-state index contributed by atoms with van der Waals surface area (Å²) >= 11 is 0. The van der Waals surface area contributed by atoms with Gasteiger partial charge in [-0.1, -0.05) is 155 Å². The molecule has 1 aliphatic rings. The Balaban J connectivity index is 2.50. The molecule has 0 radical (unpaired) electrons. The molecule has 0 aliphatic carbocycles. The van der Waals surface area contributed by atoms with Crippen molar-refractivity contribution in [2.45, 2.75) is 166 Å². The largest absolute Gasteiger partial charge is 0.457 e. The van der Waals surface area contributed by atoms with Crippen LogP contribution in [0.3, 0.4) is 0 Å². The minimum absolute atomic E-state index is 0.0166. The maximum absolute atomic E-state index is 12.8. The van der Waals surface area contributed by atoms with Crippen LogP contribution in [0.2, 0.25) is 0 Å². The van der Waals surface area contributed by atoms with Gasteiger partial charge in [0.15, 0.2) is 6.29 Å². The Bertz CT molecular complexity index is 1570. The van der Waals surface area contributed by atoms with Crippen molar-refractivity contribution in [3.05, 3.63) is 122 Å². The van der Waals surface area contributed by atoms with Crippen LogP contribution in [0.15, 0.2) is 122 Å². The molecule has 64 heavy (non-hydrogen) atoms. The second-order valence-corrected chi connectivity index (χ2v) is 16.3. The van der Waals surface area contributed by atoms with Crippen molar-refractivity contribution in [3.8, 4) is 0 Å². The molecule has 6 unspecified atom stereocenters. The minimum atomic E-state index is -5.08. The van der Waals surface area contributed by atoms with E-state index in [0.29, 0.717) is 13.0 Å². The lowest BCUT2D eigenvalue weighted by Crippen LogP contribution is -2.60. The van der Waals surface area contributed by atoms with Crippen molar-refractivity contribution in [3.63, 3.8) is 0 Å². The highest BCUT2D eigenvalue weighted by Gasteiger charge is 2.48. The fourth-order valence-electron chi connectivity index (χ4n) is 6.16. The first kappa shape index (κ1) is 58.5. The zero-order valence-corrected chi connectivity index (χ0v) is 39.3. The van der Waals surface area contributed by atoms with Crippen molar-refractivity contribution >= 4 is 16.4 Å². The average molecular weight is 917 g/mol. The maximum atomic E-state index is 12.8. The Morgan fingerprint density at radius 1 is 0.594 bits per heavy atom. The lowest BCUT2D eigenvalue weighted by molar-refractivity contribution is -0.301. The van der Waals surface area contributed by atoms with Crippen molar-refractivity contribution in [1.29, 1.82) is 0 Å². The molecule has 1 rings (SSSR count). The molecule has 0 bridgehead atoms. The van der Waals surface area contributed by atoms with E-state index < -0.39 is 59.8 Å². The van der Waals surface area contributed by atoms with Gasteiger partial charge in [0.2, 0.25) is 0 Å². The Labute approximate surface area is 385 Å². The number of hydrogen-bond donors (Lipinski definition) is 4. The van der Waals surface area contributed by atoms with Gasteiger partial charge in [0.25, 0.3) is 0 Å². The quantitative estimate of drug-likeness (QED) is 0.0200. The van der Waals surface area contributed by atoms with Gasteiger partial charge in [0, 0.05) is 13.0 Å². The normalized spacial score (nSPS) is 20.9. The Hall–Kier alpha value is -3.50. The molecule has 0 aromatic heterocycles.